The highest BCUT2D eigenvalue weighted by Gasteiger charge is 2.15. The van der Waals surface area contributed by atoms with Gasteiger partial charge in [-0.25, -0.2) is 17.2 Å². The number of ketones is 1. The molecule has 0 heterocycles. The summed E-state index contributed by atoms with van der Waals surface area (Å²) >= 11 is 0. The van der Waals surface area contributed by atoms with Crippen LogP contribution < -0.4 is 0 Å². The summed E-state index contributed by atoms with van der Waals surface area (Å²) < 4.78 is 48.0. The Morgan fingerprint density at radius 2 is 1.95 bits per heavy atom. The third-order valence-corrected chi connectivity index (χ3v) is 3.41. The molecule has 0 bridgehead atoms. The van der Waals surface area contributed by atoms with Gasteiger partial charge in [-0.2, -0.15) is 0 Å². The van der Waals surface area contributed by atoms with Crippen LogP contribution >= 0.6 is 0 Å². The van der Waals surface area contributed by atoms with Crippen molar-refractivity contribution in [2.24, 2.45) is 0 Å². The number of nitrogens with zero attached hydrogens (tertiary/aromatic N) is 1. The molecule has 0 radical (unpaired) electrons. The zero-order valence-electron chi connectivity index (χ0n) is 10.7. The maximum Gasteiger partial charge on any atom is 0.179 e. The average molecular weight is 291 g/mol. The van der Waals surface area contributed by atoms with Gasteiger partial charge in [-0.15, -0.1) is 0 Å². The minimum Gasteiger partial charge on any atom is -0.298 e. The minimum absolute atomic E-state index is 0.0807. The van der Waals surface area contributed by atoms with E-state index in [0.29, 0.717) is 6.07 Å². The fraction of sp³-hybridized carbons (Fsp3) is 0.417. The maximum absolute atomic E-state index is 13.4. The van der Waals surface area contributed by atoms with Crippen molar-refractivity contribution in [2.45, 2.75) is 0 Å². The summed E-state index contributed by atoms with van der Waals surface area (Å²) in [6.07, 6.45) is 1.10. The number of hydrogen-bond donors (Lipinski definition) is 0. The third-order valence-electron chi connectivity index (χ3n) is 2.49. The fourth-order valence-electron chi connectivity index (χ4n) is 1.45. The first kappa shape index (κ1) is 15.7. The number of halogens is 2. The minimum atomic E-state index is -3.11. The molecular weight excluding hydrogens is 276 g/mol. The van der Waals surface area contributed by atoms with Crippen molar-refractivity contribution in [3.05, 3.63) is 35.4 Å². The van der Waals surface area contributed by atoms with Crippen molar-refractivity contribution in [1.82, 2.24) is 4.90 Å². The van der Waals surface area contributed by atoms with Crippen molar-refractivity contribution in [1.29, 1.82) is 0 Å². The molecule has 0 aliphatic heterocycles. The quantitative estimate of drug-likeness (QED) is 0.737. The normalized spacial score (nSPS) is 11.8. The Hall–Kier alpha value is -1.34. The second kappa shape index (κ2) is 6.21. The number of carbonyl (C=O) groups is 1. The lowest BCUT2D eigenvalue weighted by Gasteiger charge is -2.15. The summed E-state index contributed by atoms with van der Waals surface area (Å²) in [5.41, 5.74) is -0.201. The van der Waals surface area contributed by atoms with Gasteiger partial charge in [0.05, 0.1) is 17.9 Å². The molecule has 0 unspecified atom stereocenters. The van der Waals surface area contributed by atoms with E-state index in [1.165, 1.54) is 4.90 Å². The van der Waals surface area contributed by atoms with Crippen LogP contribution in [0.3, 0.4) is 0 Å². The van der Waals surface area contributed by atoms with Crippen LogP contribution in [0.2, 0.25) is 0 Å². The van der Waals surface area contributed by atoms with E-state index in [9.17, 15) is 22.0 Å². The molecule has 0 amide bonds. The summed E-state index contributed by atoms with van der Waals surface area (Å²) in [7, 11) is -1.55. The van der Waals surface area contributed by atoms with E-state index in [4.69, 9.17) is 0 Å². The highest BCUT2D eigenvalue weighted by Crippen LogP contribution is 2.10. The van der Waals surface area contributed by atoms with E-state index in [-0.39, 0.29) is 24.4 Å². The van der Waals surface area contributed by atoms with Crippen molar-refractivity contribution in [3.8, 4) is 0 Å². The van der Waals surface area contributed by atoms with Gasteiger partial charge < -0.3 is 0 Å². The van der Waals surface area contributed by atoms with Gasteiger partial charge in [0.1, 0.15) is 21.5 Å². The largest absolute Gasteiger partial charge is 0.298 e. The lowest BCUT2D eigenvalue weighted by Crippen LogP contribution is -2.30. The van der Waals surface area contributed by atoms with E-state index in [0.717, 1.165) is 18.4 Å². The van der Waals surface area contributed by atoms with Gasteiger partial charge in [-0.1, -0.05) is 0 Å². The van der Waals surface area contributed by atoms with E-state index in [1.807, 2.05) is 0 Å². The van der Waals surface area contributed by atoms with E-state index in [1.54, 1.807) is 7.05 Å². The van der Waals surface area contributed by atoms with Crippen LogP contribution in [0.25, 0.3) is 0 Å². The standard InChI is InChI=1S/C12H15F2NO3S/c1-15(5-6-19(2,17)18)8-12(16)10-4-3-9(13)7-11(10)14/h3-4,7H,5-6,8H2,1-2H3. The fourth-order valence-corrected chi connectivity index (χ4v) is 2.09. The molecule has 0 fully saturated rings. The molecule has 0 saturated heterocycles. The van der Waals surface area contributed by atoms with Gasteiger partial charge in [0.2, 0.25) is 0 Å². The molecule has 7 heteroatoms. The number of hydrogen-bond acceptors (Lipinski definition) is 4. The Morgan fingerprint density at radius 3 is 2.47 bits per heavy atom. The first-order chi connectivity index (χ1) is 8.69. The Morgan fingerprint density at radius 1 is 1.32 bits per heavy atom. The molecule has 0 aliphatic carbocycles. The molecule has 1 aromatic carbocycles. The van der Waals surface area contributed by atoms with E-state index >= 15 is 0 Å². The highest BCUT2D eigenvalue weighted by molar-refractivity contribution is 7.90. The molecular formula is C12H15F2NO3S. The molecule has 0 saturated carbocycles. The SMILES string of the molecule is CN(CCS(C)(=O)=O)CC(=O)c1ccc(F)cc1F. The predicted octanol–water partition coefficient (Wildman–Crippen LogP) is 1.12. The zero-order valence-corrected chi connectivity index (χ0v) is 11.5. The van der Waals surface area contributed by atoms with Gasteiger partial charge in [0.15, 0.2) is 5.78 Å². The number of sulfone groups is 1. The topological polar surface area (TPSA) is 54.5 Å². The average Bonchev–Trinajstić information content (AvgIpc) is 2.25. The Balaban J connectivity index is 2.64. The van der Waals surface area contributed by atoms with Crippen LogP contribution in [-0.4, -0.2) is 51.2 Å². The lowest BCUT2D eigenvalue weighted by atomic mass is 10.1. The number of Topliss-reactive ketones (excluding diaryl/α,β-unsaturated/α-hetero) is 1. The van der Waals surface area contributed by atoms with Gasteiger partial charge in [0, 0.05) is 18.9 Å². The molecule has 0 aliphatic rings. The van der Waals surface area contributed by atoms with Crippen LogP contribution in [0, 0.1) is 11.6 Å². The smallest absolute Gasteiger partial charge is 0.179 e. The maximum atomic E-state index is 13.4. The summed E-state index contributed by atoms with van der Waals surface area (Å²) in [4.78, 5) is 13.2. The van der Waals surface area contributed by atoms with Gasteiger partial charge in [-0.05, 0) is 19.2 Å². The van der Waals surface area contributed by atoms with Crippen LogP contribution in [0.1, 0.15) is 10.4 Å². The summed E-state index contributed by atoms with van der Waals surface area (Å²) in [6.45, 7) is 0.0471. The zero-order chi connectivity index (χ0) is 14.6. The number of carbonyl (C=O) groups excluding carboxylic acids is 1. The molecule has 19 heavy (non-hydrogen) atoms. The number of likely N-dealkylation sites (N-methyl/N-ethyl adjacent to an activating group) is 1. The van der Waals surface area contributed by atoms with E-state index < -0.39 is 27.3 Å². The van der Waals surface area contributed by atoms with Crippen molar-refractivity contribution in [3.63, 3.8) is 0 Å². The second-order valence-electron chi connectivity index (χ2n) is 4.42. The molecule has 0 N–H and O–H groups in total. The van der Waals surface area contributed by atoms with Crippen molar-refractivity contribution in [2.75, 3.05) is 32.1 Å². The van der Waals surface area contributed by atoms with Crippen molar-refractivity contribution >= 4 is 15.6 Å². The molecule has 106 valence electrons. The van der Waals surface area contributed by atoms with E-state index in [2.05, 4.69) is 0 Å². The molecule has 1 aromatic rings. The first-order valence-corrected chi connectivity index (χ1v) is 7.59. The second-order valence-corrected chi connectivity index (χ2v) is 6.67. The van der Waals surface area contributed by atoms with Gasteiger partial charge in [-0.3, -0.25) is 9.69 Å². The van der Waals surface area contributed by atoms with Crippen LogP contribution in [-0.2, 0) is 9.84 Å². The first-order valence-electron chi connectivity index (χ1n) is 5.53. The van der Waals surface area contributed by atoms with Crippen LogP contribution in [0.15, 0.2) is 18.2 Å². The molecule has 0 atom stereocenters. The lowest BCUT2D eigenvalue weighted by molar-refractivity contribution is 0.0945. The Bertz CT molecular complexity index is 572. The number of benzene rings is 1. The molecule has 0 spiro atoms. The number of rotatable bonds is 6. The monoisotopic (exact) mass is 291 g/mol. The molecule has 0 aromatic heterocycles. The third kappa shape index (κ3) is 5.44. The van der Waals surface area contributed by atoms with Gasteiger partial charge in [0.25, 0.3) is 0 Å². The van der Waals surface area contributed by atoms with Gasteiger partial charge >= 0.3 is 0 Å². The Labute approximate surface area is 110 Å². The van der Waals surface area contributed by atoms with Crippen molar-refractivity contribution < 1.29 is 22.0 Å². The predicted molar refractivity (Wildman–Crippen MR) is 67.9 cm³/mol. The molecule has 4 nitrogen and oxygen atoms in total. The van der Waals surface area contributed by atoms with Crippen LogP contribution in [0.4, 0.5) is 8.78 Å². The summed E-state index contributed by atoms with van der Waals surface area (Å²) in [5, 5.41) is 0. The Kier molecular flexibility index (Phi) is 5.13. The summed E-state index contributed by atoms with van der Waals surface area (Å²) in [5.74, 6) is -2.27. The summed E-state index contributed by atoms with van der Waals surface area (Å²) in [6, 6.07) is 2.73. The highest BCUT2D eigenvalue weighted by atomic mass is 32.2. The molecule has 1 rings (SSSR count). The van der Waals surface area contributed by atoms with Crippen LogP contribution in [0.5, 0.6) is 0 Å².